The predicted octanol–water partition coefficient (Wildman–Crippen LogP) is 6.79. The Morgan fingerprint density at radius 1 is 0.613 bits per heavy atom. The van der Waals surface area contributed by atoms with Gasteiger partial charge in [-0.1, -0.05) is 99.9 Å². The third-order valence-electron chi connectivity index (χ3n) is 5.81. The van der Waals surface area contributed by atoms with Gasteiger partial charge in [0.25, 0.3) is 5.91 Å². The maximum atomic E-state index is 13.0. The monoisotopic (exact) mass is 422 g/mol. The number of rotatable bonds is 16. The van der Waals surface area contributed by atoms with Gasteiger partial charge in [0.15, 0.2) is 0 Å². The molecule has 0 bridgehead atoms. The lowest BCUT2D eigenvalue weighted by atomic mass is 10.1. The van der Waals surface area contributed by atoms with Gasteiger partial charge < -0.3 is 9.80 Å². The minimum absolute atomic E-state index is 0.138. The first kappa shape index (κ1) is 25.1. The van der Waals surface area contributed by atoms with Crippen LogP contribution in [0.3, 0.4) is 0 Å². The number of amides is 1. The van der Waals surface area contributed by atoms with Gasteiger partial charge in [0.2, 0.25) is 0 Å². The van der Waals surface area contributed by atoms with Crippen LogP contribution in [0.2, 0.25) is 0 Å². The van der Waals surface area contributed by atoms with E-state index in [1.807, 2.05) is 53.4 Å². The number of carbonyl (C=O) groups excluding carboxylic acids is 1. The molecule has 0 saturated carbocycles. The standard InChI is InChI=1S/C28H42N2O/c1-29(2)23-17-9-7-5-3-4-6-8-10-18-24-30(25-26-19-13-11-14-20-26)28(31)27-21-15-12-16-22-27/h11-16,19-22H,3-10,17-18,23-25H2,1-2H3. The van der Waals surface area contributed by atoms with E-state index in [0.717, 1.165) is 18.5 Å². The van der Waals surface area contributed by atoms with E-state index in [4.69, 9.17) is 0 Å². The van der Waals surface area contributed by atoms with Crippen molar-refractivity contribution in [1.82, 2.24) is 9.80 Å². The molecule has 0 aliphatic rings. The summed E-state index contributed by atoms with van der Waals surface area (Å²) in [5.41, 5.74) is 1.97. The summed E-state index contributed by atoms with van der Waals surface area (Å²) in [4.78, 5) is 17.3. The van der Waals surface area contributed by atoms with E-state index in [1.165, 1.54) is 69.9 Å². The third kappa shape index (κ3) is 11.2. The average Bonchev–Trinajstić information content (AvgIpc) is 2.79. The highest BCUT2D eigenvalue weighted by Gasteiger charge is 2.15. The Hall–Kier alpha value is -2.13. The summed E-state index contributed by atoms with van der Waals surface area (Å²) in [6, 6.07) is 20.0. The number of nitrogens with zero attached hydrogens (tertiary/aromatic N) is 2. The molecule has 170 valence electrons. The Balaban J connectivity index is 1.63. The minimum atomic E-state index is 0.138. The molecular weight excluding hydrogens is 380 g/mol. The molecule has 3 heteroatoms. The summed E-state index contributed by atoms with van der Waals surface area (Å²) >= 11 is 0. The van der Waals surface area contributed by atoms with Crippen LogP contribution in [0.15, 0.2) is 60.7 Å². The predicted molar refractivity (Wildman–Crippen MR) is 132 cm³/mol. The molecule has 3 nitrogen and oxygen atoms in total. The molecule has 0 spiro atoms. The van der Waals surface area contributed by atoms with Crippen LogP contribution in [0.1, 0.15) is 80.1 Å². The highest BCUT2D eigenvalue weighted by molar-refractivity contribution is 5.94. The zero-order chi connectivity index (χ0) is 22.2. The van der Waals surface area contributed by atoms with Gasteiger partial charge in [0.1, 0.15) is 0 Å². The molecule has 0 atom stereocenters. The van der Waals surface area contributed by atoms with Crippen molar-refractivity contribution in [2.45, 2.75) is 70.8 Å². The second kappa shape index (κ2) is 15.6. The minimum Gasteiger partial charge on any atom is -0.334 e. The van der Waals surface area contributed by atoms with Gasteiger partial charge in [-0.15, -0.1) is 0 Å². The van der Waals surface area contributed by atoms with Crippen LogP contribution in [-0.2, 0) is 6.54 Å². The van der Waals surface area contributed by atoms with Crippen molar-refractivity contribution in [3.05, 3.63) is 71.8 Å². The smallest absolute Gasteiger partial charge is 0.254 e. The fraction of sp³-hybridized carbons (Fsp3) is 0.536. The zero-order valence-electron chi connectivity index (χ0n) is 19.8. The van der Waals surface area contributed by atoms with Crippen molar-refractivity contribution in [1.29, 1.82) is 0 Å². The SMILES string of the molecule is CN(C)CCCCCCCCCCCCN(Cc1ccccc1)C(=O)c1ccccc1. The summed E-state index contributed by atoms with van der Waals surface area (Å²) in [6.07, 6.45) is 13.1. The van der Waals surface area contributed by atoms with Crippen molar-refractivity contribution < 1.29 is 4.79 Å². The van der Waals surface area contributed by atoms with E-state index in [-0.39, 0.29) is 5.91 Å². The van der Waals surface area contributed by atoms with Gasteiger partial charge >= 0.3 is 0 Å². The fourth-order valence-corrected chi connectivity index (χ4v) is 3.96. The molecule has 2 aromatic carbocycles. The first-order valence-corrected chi connectivity index (χ1v) is 12.2. The maximum absolute atomic E-state index is 13.0. The Kier molecular flexibility index (Phi) is 12.7. The number of benzene rings is 2. The van der Waals surface area contributed by atoms with Crippen LogP contribution >= 0.6 is 0 Å². The molecule has 0 fully saturated rings. The Labute approximate surface area is 190 Å². The molecule has 2 rings (SSSR count). The lowest BCUT2D eigenvalue weighted by Crippen LogP contribution is -2.31. The zero-order valence-corrected chi connectivity index (χ0v) is 19.8. The van der Waals surface area contributed by atoms with Crippen LogP contribution in [0, 0.1) is 0 Å². The quantitative estimate of drug-likeness (QED) is 0.278. The summed E-state index contributed by atoms with van der Waals surface area (Å²) in [5, 5.41) is 0. The van der Waals surface area contributed by atoms with Gasteiger partial charge in [0, 0.05) is 18.7 Å². The van der Waals surface area contributed by atoms with Crippen molar-refractivity contribution >= 4 is 5.91 Å². The molecule has 31 heavy (non-hydrogen) atoms. The molecule has 0 saturated heterocycles. The second-order valence-corrected chi connectivity index (χ2v) is 8.92. The van der Waals surface area contributed by atoms with Crippen LogP contribution in [0.5, 0.6) is 0 Å². The Morgan fingerprint density at radius 2 is 1.06 bits per heavy atom. The summed E-state index contributed by atoms with van der Waals surface area (Å²) in [6.45, 7) is 2.73. The van der Waals surface area contributed by atoms with E-state index in [2.05, 4.69) is 31.1 Å². The van der Waals surface area contributed by atoms with E-state index in [0.29, 0.717) is 6.54 Å². The maximum Gasteiger partial charge on any atom is 0.254 e. The number of unbranched alkanes of at least 4 members (excludes halogenated alkanes) is 9. The summed E-state index contributed by atoms with van der Waals surface area (Å²) < 4.78 is 0. The Morgan fingerprint density at radius 3 is 1.58 bits per heavy atom. The normalized spacial score (nSPS) is 11.1. The van der Waals surface area contributed by atoms with Crippen molar-refractivity contribution in [2.24, 2.45) is 0 Å². The van der Waals surface area contributed by atoms with Crippen LogP contribution in [0.25, 0.3) is 0 Å². The molecule has 0 N–H and O–H groups in total. The Bertz CT molecular complexity index is 699. The average molecular weight is 423 g/mol. The molecule has 0 heterocycles. The highest BCUT2D eigenvalue weighted by atomic mass is 16.2. The topological polar surface area (TPSA) is 23.6 Å². The van der Waals surface area contributed by atoms with Crippen LogP contribution in [0.4, 0.5) is 0 Å². The number of carbonyl (C=O) groups is 1. The van der Waals surface area contributed by atoms with Gasteiger partial charge in [-0.2, -0.15) is 0 Å². The lowest BCUT2D eigenvalue weighted by Gasteiger charge is -2.23. The fourth-order valence-electron chi connectivity index (χ4n) is 3.96. The number of hydrogen-bond donors (Lipinski definition) is 0. The summed E-state index contributed by atoms with van der Waals surface area (Å²) in [5.74, 6) is 0.138. The second-order valence-electron chi connectivity index (χ2n) is 8.92. The van der Waals surface area contributed by atoms with Gasteiger partial charge in [-0.25, -0.2) is 0 Å². The molecule has 0 aromatic heterocycles. The van der Waals surface area contributed by atoms with Crippen molar-refractivity contribution in [3.8, 4) is 0 Å². The van der Waals surface area contributed by atoms with E-state index < -0.39 is 0 Å². The largest absolute Gasteiger partial charge is 0.334 e. The van der Waals surface area contributed by atoms with E-state index in [9.17, 15) is 4.79 Å². The molecule has 0 aliphatic heterocycles. The van der Waals surface area contributed by atoms with E-state index >= 15 is 0 Å². The first-order valence-electron chi connectivity index (χ1n) is 12.2. The first-order chi connectivity index (χ1) is 15.2. The molecule has 0 unspecified atom stereocenters. The van der Waals surface area contributed by atoms with Gasteiger partial charge in [0.05, 0.1) is 0 Å². The van der Waals surface area contributed by atoms with Crippen molar-refractivity contribution in [3.63, 3.8) is 0 Å². The van der Waals surface area contributed by atoms with Gasteiger partial charge in [-0.3, -0.25) is 4.79 Å². The van der Waals surface area contributed by atoms with Crippen LogP contribution in [-0.4, -0.2) is 42.9 Å². The molecule has 0 aliphatic carbocycles. The number of hydrogen-bond acceptors (Lipinski definition) is 2. The van der Waals surface area contributed by atoms with Crippen LogP contribution < -0.4 is 0 Å². The lowest BCUT2D eigenvalue weighted by molar-refractivity contribution is 0.0740. The highest BCUT2D eigenvalue weighted by Crippen LogP contribution is 2.14. The van der Waals surface area contributed by atoms with E-state index in [1.54, 1.807) is 0 Å². The molecule has 2 aromatic rings. The summed E-state index contributed by atoms with van der Waals surface area (Å²) in [7, 11) is 4.30. The molecule has 1 amide bonds. The third-order valence-corrected chi connectivity index (χ3v) is 5.81. The van der Waals surface area contributed by atoms with Crippen molar-refractivity contribution in [2.75, 3.05) is 27.2 Å². The molecule has 0 radical (unpaired) electrons. The van der Waals surface area contributed by atoms with Gasteiger partial charge in [-0.05, 0) is 51.2 Å². The molecular formula is C28H42N2O.